The van der Waals surface area contributed by atoms with Gasteiger partial charge < -0.3 is 15.8 Å². The monoisotopic (exact) mass is 285 g/mol. The molecule has 0 rings (SSSR count). The van der Waals surface area contributed by atoms with Crippen LogP contribution in [0.2, 0.25) is 0 Å². The molecule has 0 aliphatic heterocycles. The molecule has 0 saturated carbocycles. The highest BCUT2D eigenvalue weighted by Gasteiger charge is 2.24. The maximum Gasteiger partial charge on any atom is 0.237 e. The summed E-state index contributed by atoms with van der Waals surface area (Å²) in [5.41, 5.74) is -0.0908. The van der Waals surface area contributed by atoms with Gasteiger partial charge in [0.2, 0.25) is 5.91 Å². The summed E-state index contributed by atoms with van der Waals surface area (Å²) in [6.45, 7) is 16.6. The van der Waals surface area contributed by atoms with Crippen molar-refractivity contribution in [3.8, 4) is 0 Å². The van der Waals surface area contributed by atoms with Crippen LogP contribution >= 0.6 is 0 Å². The zero-order chi connectivity index (χ0) is 16.0. The lowest BCUT2D eigenvalue weighted by Gasteiger charge is -2.29. The van der Waals surface area contributed by atoms with E-state index < -0.39 is 0 Å². The highest BCUT2D eigenvalue weighted by atomic mass is 16.5. The lowest BCUT2D eigenvalue weighted by molar-refractivity contribution is -0.449. The third-order valence-corrected chi connectivity index (χ3v) is 2.62. The second kappa shape index (κ2) is 7.62. The van der Waals surface area contributed by atoms with Crippen LogP contribution in [-0.4, -0.2) is 42.0 Å². The van der Waals surface area contributed by atoms with Gasteiger partial charge in [-0.1, -0.05) is 20.8 Å². The Labute approximate surface area is 123 Å². The Kier molecular flexibility index (Phi) is 7.20. The number of amides is 1. The highest BCUT2D eigenvalue weighted by molar-refractivity contribution is 5.81. The summed E-state index contributed by atoms with van der Waals surface area (Å²) in [5, 5.41) is 17.1. The number of hydrogen-bond donors (Lipinski definition) is 2. The molecule has 0 spiro atoms. The van der Waals surface area contributed by atoms with E-state index >= 15 is 0 Å². The fourth-order valence-corrected chi connectivity index (χ4v) is 1.74. The van der Waals surface area contributed by atoms with Crippen LogP contribution in [-0.2, 0) is 4.79 Å². The third kappa shape index (κ3) is 10.8. The van der Waals surface area contributed by atoms with Gasteiger partial charge in [0.25, 0.3) is 0 Å². The quantitative estimate of drug-likeness (QED) is 0.325. The first-order chi connectivity index (χ1) is 8.91. The summed E-state index contributed by atoms with van der Waals surface area (Å²) in [7, 11) is 0. The van der Waals surface area contributed by atoms with E-state index in [2.05, 4.69) is 38.1 Å². The van der Waals surface area contributed by atoms with Crippen molar-refractivity contribution >= 4 is 12.6 Å². The molecule has 0 bridgehead atoms. The van der Waals surface area contributed by atoms with Crippen molar-refractivity contribution in [3.05, 3.63) is 5.21 Å². The Hall–Kier alpha value is -1.10. The Balaban J connectivity index is 4.50. The molecule has 20 heavy (non-hydrogen) atoms. The topological polar surface area (TPSA) is 67.2 Å². The largest absolute Gasteiger partial charge is 0.624 e. The van der Waals surface area contributed by atoms with Crippen molar-refractivity contribution in [2.24, 2.45) is 5.41 Å². The van der Waals surface area contributed by atoms with Crippen LogP contribution in [0.3, 0.4) is 0 Å². The zero-order valence-electron chi connectivity index (χ0n) is 13.9. The fraction of sp³-hybridized carbons (Fsp3) is 0.867. The van der Waals surface area contributed by atoms with E-state index in [0.29, 0.717) is 30.7 Å². The molecule has 2 N–H and O–H groups in total. The number of hydroxylamine groups is 1. The van der Waals surface area contributed by atoms with Gasteiger partial charge >= 0.3 is 0 Å². The normalized spacial score (nSPS) is 13.9. The molecule has 0 radical (unpaired) electrons. The van der Waals surface area contributed by atoms with Crippen molar-refractivity contribution in [2.45, 2.75) is 66.0 Å². The maximum absolute atomic E-state index is 12.3. The molecule has 0 saturated heterocycles. The van der Waals surface area contributed by atoms with E-state index in [9.17, 15) is 10.0 Å². The molecule has 1 unspecified atom stereocenters. The molecule has 0 aliphatic rings. The Morgan fingerprint density at radius 3 is 2.20 bits per heavy atom. The molecule has 5 heteroatoms. The molecular formula is C15H31N3O2. The van der Waals surface area contributed by atoms with Gasteiger partial charge in [-0.05, 0) is 32.6 Å². The number of carbonyl (C=O) groups excluding carboxylic acids is 1. The summed E-state index contributed by atoms with van der Waals surface area (Å²) < 4.78 is 0.654. The Morgan fingerprint density at radius 2 is 1.80 bits per heavy atom. The summed E-state index contributed by atoms with van der Waals surface area (Å²) in [4.78, 5) is 12.3. The molecule has 0 aromatic rings. The van der Waals surface area contributed by atoms with Crippen molar-refractivity contribution < 1.29 is 9.53 Å². The van der Waals surface area contributed by atoms with E-state index in [1.165, 1.54) is 0 Å². The van der Waals surface area contributed by atoms with Gasteiger partial charge in [0.05, 0.1) is 6.04 Å². The van der Waals surface area contributed by atoms with E-state index in [4.69, 9.17) is 0 Å². The van der Waals surface area contributed by atoms with Crippen LogP contribution in [0.1, 0.15) is 54.4 Å². The van der Waals surface area contributed by atoms with E-state index in [0.717, 1.165) is 0 Å². The van der Waals surface area contributed by atoms with E-state index in [1.54, 1.807) is 0 Å². The fourth-order valence-electron chi connectivity index (χ4n) is 1.74. The maximum atomic E-state index is 12.3. The second-order valence-electron chi connectivity index (χ2n) is 7.57. The average molecular weight is 285 g/mol. The van der Waals surface area contributed by atoms with Gasteiger partial charge in [0.1, 0.15) is 6.72 Å². The number of carbonyl (C=O) groups is 1. The smallest absolute Gasteiger partial charge is 0.237 e. The van der Waals surface area contributed by atoms with Gasteiger partial charge in [0.15, 0.2) is 6.54 Å². The van der Waals surface area contributed by atoms with Gasteiger partial charge in [0, 0.05) is 18.5 Å². The summed E-state index contributed by atoms with van der Waals surface area (Å²) in [5.74, 6) is -0.00337. The van der Waals surface area contributed by atoms with Crippen molar-refractivity contribution in [1.82, 2.24) is 10.6 Å². The first kappa shape index (κ1) is 18.9. The lowest BCUT2D eigenvalue weighted by Crippen LogP contribution is -2.52. The minimum absolute atomic E-state index is 0.00337. The van der Waals surface area contributed by atoms with Crippen molar-refractivity contribution in [3.63, 3.8) is 0 Å². The Morgan fingerprint density at radius 1 is 1.25 bits per heavy atom. The van der Waals surface area contributed by atoms with Crippen LogP contribution in [0.25, 0.3) is 0 Å². The van der Waals surface area contributed by atoms with Crippen LogP contribution in [0.5, 0.6) is 0 Å². The molecule has 0 aromatic carbocycles. The molecule has 5 nitrogen and oxygen atoms in total. The number of rotatable bonds is 7. The van der Waals surface area contributed by atoms with E-state index in [-0.39, 0.29) is 22.9 Å². The molecule has 118 valence electrons. The number of hydrogen-bond acceptors (Lipinski definition) is 3. The van der Waals surface area contributed by atoms with Crippen LogP contribution in [0.4, 0.5) is 0 Å². The predicted molar refractivity (Wildman–Crippen MR) is 84.0 cm³/mol. The van der Waals surface area contributed by atoms with E-state index in [1.807, 2.05) is 20.8 Å². The van der Waals surface area contributed by atoms with Crippen LogP contribution in [0.15, 0.2) is 0 Å². The minimum atomic E-state index is -0.280. The van der Waals surface area contributed by atoms with Gasteiger partial charge in [-0.3, -0.25) is 4.79 Å². The standard InChI is InChI=1S/C15H31N3O2/c1-14(2,3)11-16-13(19)12(17-15(4,5)6)9-8-10-18(7)20/h12,17H,7-11H2,1-6H3,(H,16,19). The van der Waals surface area contributed by atoms with Crippen LogP contribution in [0, 0.1) is 10.6 Å². The summed E-state index contributed by atoms with van der Waals surface area (Å²) in [6, 6.07) is -0.280. The van der Waals surface area contributed by atoms with Gasteiger partial charge in [-0.25, -0.2) is 4.74 Å². The number of nitrogens with one attached hydrogen (secondary N) is 2. The molecule has 0 aliphatic carbocycles. The molecule has 1 amide bonds. The average Bonchev–Trinajstić information content (AvgIpc) is 2.21. The lowest BCUT2D eigenvalue weighted by atomic mass is 9.96. The SMILES string of the molecule is C=[N+]([O-])CCCC(NC(C)(C)C)C(=O)NCC(C)(C)C. The molecule has 1 atom stereocenters. The van der Waals surface area contributed by atoms with Gasteiger partial charge in [-0.15, -0.1) is 0 Å². The van der Waals surface area contributed by atoms with Crippen LogP contribution < -0.4 is 10.6 Å². The predicted octanol–water partition coefficient (Wildman–Crippen LogP) is 1.90. The summed E-state index contributed by atoms with van der Waals surface area (Å²) >= 11 is 0. The highest BCUT2D eigenvalue weighted by Crippen LogP contribution is 2.11. The molecule has 0 heterocycles. The summed E-state index contributed by atoms with van der Waals surface area (Å²) in [6.07, 6.45) is 1.27. The minimum Gasteiger partial charge on any atom is -0.624 e. The second-order valence-corrected chi connectivity index (χ2v) is 7.57. The van der Waals surface area contributed by atoms with Crippen molar-refractivity contribution in [1.29, 1.82) is 0 Å². The molecular weight excluding hydrogens is 254 g/mol. The van der Waals surface area contributed by atoms with Crippen molar-refractivity contribution in [2.75, 3.05) is 13.1 Å². The van der Waals surface area contributed by atoms with Gasteiger partial charge in [-0.2, -0.15) is 0 Å². The molecule has 0 aromatic heterocycles. The molecule has 0 fully saturated rings. The Bertz CT molecular complexity index is 327. The number of nitrogens with zero attached hydrogens (tertiary/aromatic N) is 1. The first-order valence-corrected chi connectivity index (χ1v) is 7.21. The third-order valence-electron chi connectivity index (χ3n) is 2.62. The first-order valence-electron chi connectivity index (χ1n) is 7.21. The zero-order valence-corrected chi connectivity index (χ0v) is 13.9.